The number of halogens is 7. The first-order valence-electron chi connectivity index (χ1n) is 29.8. The summed E-state index contributed by atoms with van der Waals surface area (Å²) in [6.45, 7) is 7.97. The number of pyridine rings is 3. The van der Waals surface area contributed by atoms with Crippen molar-refractivity contribution in [3.63, 3.8) is 0 Å². The molecular weight excluding hydrogens is 1260 g/mol. The Bertz CT molecular complexity index is 4560. The van der Waals surface area contributed by atoms with Gasteiger partial charge in [-0.05, 0) is 191 Å². The van der Waals surface area contributed by atoms with Gasteiger partial charge in [0.1, 0.15) is 17.5 Å². The van der Waals surface area contributed by atoms with Crippen LogP contribution in [0.15, 0.2) is 170 Å². The number of hydrogen-bond acceptors (Lipinski definition) is 14. The Morgan fingerprint density at radius 1 is 0.442 bits per heavy atom. The summed E-state index contributed by atoms with van der Waals surface area (Å²) >= 11 is 5.51. The van der Waals surface area contributed by atoms with Gasteiger partial charge in [-0.2, -0.15) is 0 Å². The summed E-state index contributed by atoms with van der Waals surface area (Å²) in [6.07, 6.45) is -7.44. The third kappa shape index (κ3) is 13.9. The lowest BCUT2D eigenvalue weighted by Crippen LogP contribution is -2.28. The second-order valence-corrected chi connectivity index (χ2v) is 24.1. The van der Waals surface area contributed by atoms with E-state index in [-0.39, 0.29) is 51.9 Å². The number of aryl methyl sites for hydroxylation is 4. The first-order chi connectivity index (χ1) is 45.1. The number of nitrogen functional groups attached to an aromatic ring is 1. The van der Waals surface area contributed by atoms with Gasteiger partial charge in [-0.15, -0.1) is 26.3 Å². The van der Waals surface area contributed by atoms with Crippen LogP contribution in [0.2, 0.25) is 0 Å². The van der Waals surface area contributed by atoms with Gasteiger partial charge in [0.2, 0.25) is 17.1 Å². The van der Waals surface area contributed by atoms with Gasteiger partial charge in [0.15, 0.2) is 34.5 Å². The van der Waals surface area contributed by atoms with Gasteiger partial charge in [0.25, 0.3) is 0 Å². The maximum atomic E-state index is 13.3. The number of hydrogen-bond donors (Lipinski definition) is 4. The highest BCUT2D eigenvalue weighted by Crippen LogP contribution is 2.55. The molecule has 3 saturated carbocycles. The summed E-state index contributed by atoms with van der Waals surface area (Å²) in [6, 6.07) is 48.6. The molecule has 3 fully saturated rings. The number of anilines is 3. The van der Waals surface area contributed by atoms with E-state index in [0.717, 1.165) is 39.2 Å². The van der Waals surface area contributed by atoms with E-state index in [0.29, 0.717) is 83.9 Å². The van der Waals surface area contributed by atoms with E-state index in [9.17, 15) is 50.6 Å². The first kappa shape index (κ1) is 64.4. The Kier molecular flexibility index (Phi) is 16.7. The van der Waals surface area contributed by atoms with Crippen LogP contribution in [-0.2, 0) is 30.6 Å². The van der Waals surface area contributed by atoms with Crippen molar-refractivity contribution >= 4 is 52.1 Å². The molecule has 6 aliphatic rings. The predicted molar refractivity (Wildman–Crippen MR) is 338 cm³/mol. The second-order valence-electron chi connectivity index (χ2n) is 23.7. The number of aromatic nitrogens is 3. The van der Waals surface area contributed by atoms with Crippen molar-refractivity contribution in [3.8, 4) is 68.3 Å². The molecule has 0 bridgehead atoms. The number of carboxylic acids is 1. The smallest absolute Gasteiger partial charge is 0.478 e. The number of benzene rings is 6. The number of alkyl halides is 6. The number of carbonyl (C=O) groups is 4. The molecule has 0 saturated heterocycles. The van der Waals surface area contributed by atoms with Crippen LogP contribution in [0.1, 0.15) is 87.8 Å². The molecule has 5 N–H and O–H groups in total. The van der Waals surface area contributed by atoms with Gasteiger partial charge in [-0.1, -0.05) is 96.1 Å². The lowest BCUT2D eigenvalue weighted by atomic mass is 9.94. The summed E-state index contributed by atoms with van der Waals surface area (Å²) in [5.41, 5.74) is 14.5. The van der Waals surface area contributed by atoms with Crippen molar-refractivity contribution in [2.75, 3.05) is 16.4 Å². The SMILES string of the molecule is Cc1ccc(NC(=O)C2(c3ccc4c(c3)OC(F)(F)O4)CC2)nc1-c1cccc(C(=O)O)c1.Cc1cccc(-c2cccc(NC(=O)C3(c4ccc5c(c4)OC(F)(F)O5)CC3)n2)c1.Cc1cccc(-c2nc(N)ccc2C)c1.O=C(Cl)C1(c2ccc3c(c2)OC(F)(F)O3)CC1. The topological polar surface area (TPSA) is 233 Å². The number of carbonyl (C=O) groups excluding carboxylic acids is 3. The number of nitrogens with zero attached hydrogens (tertiary/aromatic N) is 3. The molecular formula is C71H57ClF6N6O11. The monoisotopic (exact) mass is 1320 g/mol. The predicted octanol–water partition coefficient (Wildman–Crippen LogP) is 15.5. The van der Waals surface area contributed by atoms with Gasteiger partial charge in [0, 0.05) is 16.7 Å². The zero-order chi connectivity index (χ0) is 67.4. The number of nitrogens with two attached hydrogens (primary N) is 1. The van der Waals surface area contributed by atoms with Crippen LogP contribution in [0.25, 0.3) is 33.8 Å². The Hall–Kier alpha value is -10.7. The molecule has 6 heterocycles. The minimum atomic E-state index is -3.72. The zero-order valence-electron chi connectivity index (χ0n) is 51.0. The molecule has 486 valence electrons. The van der Waals surface area contributed by atoms with E-state index in [1.165, 1.54) is 54.1 Å². The van der Waals surface area contributed by atoms with E-state index in [4.69, 9.17) is 17.3 Å². The number of nitrogens with one attached hydrogen (secondary N) is 2. The molecule has 0 unspecified atom stereocenters. The van der Waals surface area contributed by atoms with Crippen LogP contribution >= 0.6 is 11.6 Å². The maximum Gasteiger partial charge on any atom is 0.586 e. The molecule has 3 aliphatic carbocycles. The van der Waals surface area contributed by atoms with Crippen molar-refractivity contribution in [1.82, 2.24) is 15.0 Å². The highest BCUT2D eigenvalue weighted by molar-refractivity contribution is 6.66. The van der Waals surface area contributed by atoms with Gasteiger partial charge in [-0.3, -0.25) is 14.4 Å². The molecule has 0 spiro atoms. The van der Waals surface area contributed by atoms with Gasteiger partial charge >= 0.3 is 24.9 Å². The van der Waals surface area contributed by atoms with E-state index in [1.54, 1.807) is 48.5 Å². The standard InChI is InChI=1S/C24H18F2N2O5.C23H18F2N2O3.C13H14N2.C11H7ClF2O3/c1-13-5-8-19(27-20(13)14-3-2-4-15(11-14)21(29)30)28-22(31)23(9-10-23)16-6-7-17-18(12-16)33-24(25,26)32-17;1-14-4-2-5-15(12-14)17-6-3-7-20(26-17)27-21(28)22(10-11-22)16-8-9-18-19(13-16)30-23(24,25)29-18;1-9-4-3-5-11(8-9)13-10(2)6-7-12(14)15-13;12-9(15)10(3-4-10)6-1-2-7-8(5-6)17-11(13,14)16-7/h2-8,11-12H,9-10H2,1H3,(H,29,30)(H,27,28,31);2-9,12-13H,10-11H2,1H3,(H,26,27,28);3-8H,1-2H3,(H2,14,15);1-2,5H,3-4H2. The first-order valence-corrected chi connectivity index (χ1v) is 30.2. The van der Waals surface area contributed by atoms with Crippen molar-refractivity contribution in [2.24, 2.45) is 0 Å². The molecule has 9 aromatic rings. The van der Waals surface area contributed by atoms with Gasteiger partial charge in [0.05, 0.1) is 38.9 Å². The minimum absolute atomic E-state index is 0.0310. The summed E-state index contributed by atoms with van der Waals surface area (Å²) in [5.74, 6) is -0.627. The number of amides is 2. The number of fused-ring (bicyclic) bond motifs is 3. The summed E-state index contributed by atoms with van der Waals surface area (Å²) in [4.78, 5) is 62.3. The fourth-order valence-corrected chi connectivity index (χ4v) is 11.6. The Morgan fingerprint density at radius 3 is 1.31 bits per heavy atom. The molecule has 95 heavy (non-hydrogen) atoms. The third-order valence-electron chi connectivity index (χ3n) is 16.8. The van der Waals surface area contributed by atoms with E-state index in [1.807, 2.05) is 75.4 Å². The summed E-state index contributed by atoms with van der Waals surface area (Å²) < 4.78 is 105. The van der Waals surface area contributed by atoms with Crippen molar-refractivity contribution in [3.05, 3.63) is 214 Å². The minimum Gasteiger partial charge on any atom is -0.478 e. The number of aromatic carboxylic acids is 1. The van der Waals surface area contributed by atoms with E-state index >= 15 is 0 Å². The molecule has 3 aromatic heterocycles. The maximum absolute atomic E-state index is 13.3. The fourth-order valence-electron chi connectivity index (χ4n) is 11.3. The largest absolute Gasteiger partial charge is 0.586 e. The van der Waals surface area contributed by atoms with Gasteiger partial charge < -0.3 is 49.9 Å². The zero-order valence-corrected chi connectivity index (χ0v) is 51.8. The molecule has 17 nitrogen and oxygen atoms in total. The molecule has 0 atom stereocenters. The lowest BCUT2D eigenvalue weighted by molar-refractivity contribution is -0.287. The van der Waals surface area contributed by atoms with Crippen LogP contribution in [-0.4, -0.2) is 62.0 Å². The van der Waals surface area contributed by atoms with Crippen LogP contribution < -0.4 is 44.8 Å². The summed E-state index contributed by atoms with van der Waals surface area (Å²) in [5, 5.41) is 14.5. The molecule has 2 amide bonds. The number of ether oxygens (including phenoxy) is 6. The normalized spacial score (nSPS) is 17.0. The molecule has 24 heteroatoms. The average Bonchev–Trinajstić information content (AvgIpc) is 1.60. The van der Waals surface area contributed by atoms with Crippen molar-refractivity contribution in [1.29, 1.82) is 0 Å². The van der Waals surface area contributed by atoms with E-state index in [2.05, 4.69) is 79.1 Å². The molecule has 15 rings (SSSR count). The molecule has 3 aliphatic heterocycles. The third-order valence-corrected chi connectivity index (χ3v) is 17.2. The van der Waals surface area contributed by atoms with Crippen molar-refractivity contribution < 1.29 is 79.0 Å². The van der Waals surface area contributed by atoms with Crippen LogP contribution in [0.3, 0.4) is 0 Å². The fraction of sp³-hybridized carbons (Fsp3) is 0.225. The van der Waals surface area contributed by atoms with Gasteiger partial charge in [-0.25, -0.2) is 19.7 Å². The second kappa shape index (κ2) is 24.7. The highest BCUT2D eigenvalue weighted by Gasteiger charge is 2.55. The van der Waals surface area contributed by atoms with Crippen LogP contribution in [0.5, 0.6) is 34.5 Å². The van der Waals surface area contributed by atoms with E-state index < -0.39 is 46.3 Å². The summed E-state index contributed by atoms with van der Waals surface area (Å²) in [7, 11) is 0. The van der Waals surface area contributed by atoms with Crippen LogP contribution in [0.4, 0.5) is 43.8 Å². The Labute approximate surface area is 544 Å². The Balaban J connectivity index is 0.000000127. The molecule has 6 aromatic carbocycles. The highest BCUT2D eigenvalue weighted by atomic mass is 35.5. The van der Waals surface area contributed by atoms with Crippen molar-refractivity contribution in [2.45, 2.75) is 101 Å². The number of carboxylic acid groups (broad SMARTS) is 1. The Morgan fingerprint density at radius 2 is 0.842 bits per heavy atom. The van der Waals surface area contributed by atoms with Crippen LogP contribution in [0, 0.1) is 27.7 Å². The lowest BCUT2D eigenvalue weighted by Gasteiger charge is -2.17. The average molecular weight is 1320 g/mol. The quantitative estimate of drug-likeness (QED) is 0.0658. The number of rotatable bonds is 12. The molecule has 0 radical (unpaired) electrons.